The molecule has 0 radical (unpaired) electrons. The summed E-state index contributed by atoms with van der Waals surface area (Å²) in [4.78, 5) is 26.4. The smallest absolute Gasteiger partial charge is 0.252 e. The molecule has 0 saturated carbocycles. The standard InChI is InChI=1S/C10H14N4O2/c1-5-3-7(4-8(11)13-5)10(16)14-6(2)9(12)15/h3-4,6H,1-2H3,(H2,11,13)(H2,12,15)(H,14,16). The SMILES string of the molecule is Cc1cc(C(=O)NC(C)C(N)=O)cc(N)n1. The van der Waals surface area contributed by atoms with Gasteiger partial charge in [-0.05, 0) is 26.0 Å². The molecule has 1 unspecified atom stereocenters. The molecule has 0 fully saturated rings. The average Bonchev–Trinajstić information content (AvgIpc) is 2.15. The van der Waals surface area contributed by atoms with E-state index in [1.807, 2.05) is 0 Å². The Morgan fingerprint density at radius 2 is 2.06 bits per heavy atom. The number of nitrogens with zero attached hydrogens (tertiary/aromatic N) is 1. The lowest BCUT2D eigenvalue weighted by Gasteiger charge is -2.10. The summed E-state index contributed by atoms with van der Waals surface area (Å²) >= 11 is 0. The van der Waals surface area contributed by atoms with Gasteiger partial charge in [0.2, 0.25) is 5.91 Å². The number of nitrogens with one attached hydrogen (secondary N) is 1. The lowest BCUT2D eigenvalue weighted by molar-refractivity contribution is -0.119. The third-order valence-electron chi connectivity index (χ3n) is 2.01. The maximum Gasteiger partial charge on any atom is 0.252 e. The number of aromatic nitrogens is 1. The highest BCUT2D eigenvalue weighted by Crippen LogP contribution is 2.07. The Bertz CT molecular complexity index is 411. The molecule has 0 aliphatic heterocycles. The number of carbonyl (C=O) groups is 2. The molecule has 2 amide bonds. The normalized spacial score (nSPS) is 11.9. The van der Waals surface area contributed by atoms with Gasteiger partial charge in [0.05, 0.1) is 0 Å². The second kappa shape index (κ2) is 4.61. The molecule has 86 valence electrons. The van der Waals surface area contributed by atoms with Crippen LogP contribution in [0.25, 0.3) is 0 Å². The van der Waals surface area contributed by atoms with E-state index in [0.717, 1.165) is 0 Å². The fourth-order valence-electron chi connectivity index (χ4n) is 1.18. The van der Waals surface area contributed by atoms with Crippen LogP contribution in [0.5, 0.6) is 0 Å². The summed E-state index contributed by atoms with van der Waals surface area (Å²) in [5.74, 6) is -0.729. The van der Waals surface area contributed by atoms with E-state index in [1.54, 1.807) is 13.0 Å². The first kappa shape index (κ1) is 12.0. The molecule has 6 nitrogen and oxygen atoms in total. The minimum absolute atomic E-state index is 0.261. The van der Waals surface area contributed by atoms with Gasteiger partial charge in [-0.15, -0.1) is 0 Å². The minimum Gasteiger partial charge on any atom is -0.384 e. The second-order valence-electron chi connectivity index (χ2n) is 3.52. The fraction of sp³-hybridized carbons (Fsp3) is 0.300. The van der Waals surface area contributed by atoms with Crippen LogP contribution in [0.4, 0.5) is 5.82 Å². The van der Waals surface area contributed by atoms with Crippen LogP contribution in [0.2, 0.25) is 0 Å². The minimum atomic E-state index is -0.720. The molecule has 1 heterocycles. The van der Waals surface area contributed by atoms with Gasteiger partial charge in [0, 0.05) is 11.3 Å². The van der Waals surface area contributed by atoms with Gasteiger partial charge in [-0.25, -0.2) is 4.98 Å². The number of nitrogen functional groups attached to an aromatic ring is 1. The second-order valence-corrected chi connectivity index (χ2v) is 3.52. The average molecular weight is 222 g/mol. The first-order valence-electron chi connectivity index (χ1n) is 4.74. The summed E-state index contributed by atoms with van der Waals surface area (Å²) < 4.78 is 0. The van der Waals surface area contributed by atoms with E-state index in [1.165, 1.54) is 13.0 Å². The maximum absolute atomic E-state index is 11.7. The van der Waals surface area contributed by atoms with E-state index in [-0.39, 0.29) is 5.82 Å². The van der Waals surface area contributed by atoms with Crippen molar-refractivity contribution in [2.45, 2.75) is 19.9 Å². The van der Waals surface area contributed by atoms with Crippen LogP contribution >= 0.6 is 0 Å². The van der Waals surface area contributed by atoms with Crippen molar-refractivity contribution in [2.24, 2.45) is 5.73 Å². The van der Waals surface area contributed by atoms with Crippen molar-refractivity contribution in [2.75, 3.05) is 5.73 Å². The van der Waals surface area contributed by atoms with E-state index in [0.29, 0.717) is 11.3 Å². The van der Waals surface area contributed by atoms with Crippen molar-refractivity contribution in [1.29, 1.82) is 0 Å². The number of amides is 2. The number of hydrogen-bond acceptors (Lipinski definition) is 4. The number of carbonyl (C=O) groups excluding carboxylic acids is 2. The number of pyridine rings is 1. The van der Waals surface area contributed by atoms with Gasteiger partial charge in [0.25, 0.3) is 5.91 Å². The predicted octanol–water partition coefficient (Wildman–Crippen LogP) is -0.424. The van der Waals surface area contributed by atoms with E-state index < -0.39 is 17.9 Å². The first-order valence-corrected chi connectivity index (χ1v) is 4.74. The van der Waals surface area contributed by atoms with Crippen LogP contribution in [0.15, 0.2) is 12.1 Å². The monoisotopic (exact) mass is 222 g/mol. The van der Waals surface area contributed by atoms with Crippen LogP contribution in [-0.2, 0) is 4.79 Å². The number of aryl methyl sites for hydroxylation is 1. The van der Waals surface area contributed by atoms with Crippen LogP contribution in [-0.4, -0.2) is 22.8 Å². The van der Waals surface area contributed by atoms with Gasteiger partial charge < -0.3 is 16.8 Å². The molecular weight excluding hydrogens is 208 g/mol. The van der Waals surface area contributed by atoms with Crippen molar-refractivity contribution >= 4 is 17.6 Å². The molecule has 0 bridgehead atoms. The molecule has 1 rings (SSSR count). The van der Waals surface area contributed by atoms with Crippen LogP contribution < -0.4 is 16.8 Å². The number of nitrogens with two attached hydrogens (primary N) is 2. The van der Waals surface area contributed by atoms with Gasteiger partial charge in [0.15, 0.2) is 0 Å². The topological polar surface area (TPSA) is 111 Å². The van der Waals surface area contributed by atoms with Crippen molar-refractivity contribution in [3.8, 4) is 0 Å². The van der Waals surface area contributed by atoms with Crippen molar-refractivity contribution in [3.63, 3.8) is 0 Å². The molecule has 1 atom stereocenters. The van der Waals surface area contributed by atoms with Crippen LogP contribution in [0, 0.1) is 6.92 Å². The Morgan fingerprint density at radius 3 is 2.56 bits per heavy atom. The van der Waals surface area contributed by atoms with Crippen LogP contribution in [0.1, 0.15) is 23.0 Å². The Kier molecular flexibility index (Phi) is 3.44. The van der Waals surface area contributed by atoms with E-state index >= 15 is 0 Å². The summed E-state index contributed by atoms with van der Waals surface area (Å²) in [7, 11) is 0. The highest BCUT2D eigenvalue weighted by molar-refractivity contribution is 5.97. The summed E-state index contributed by atoms with van der Waals surface area (Å²) in [5, 5.41) is 2.45. The van der Waals surface area contributed by atoms with Crippen molar-refractivity contribution in [1.82, 2.24) is 10.3 Å². The third kappa shape index (κ3) is 2.94. The summed E-state index contributed by atoms with van der Waals surface area (Å²) in [6, 6.07) is 2.30. The quantitative estimate of drug-likeness (QED) is 0.644. The zero-order chi connectivity index (χ0) is 12.3. The zero-order valence-corrected chi connectivity index (χ0v) is 9.15. The third-order valence-corrected chi connectivity index (χ3v) is 2.01. The van der Waals surface area contributed by atoms with E-state index in [2.05, 4.69) is 10.3 Å². The number of rotatable bonds is 3. The van der Waals surface area contributed by atoms with Crippen molar-refractivity contribution < 1.29 is 9.59 Å². The van der Waals surface area contributed by atoms with Gasteiger partial charge in [-0.2, -0.15) is 0 Å². The van der Waals surface area contributed by atoms with Crippen LogP contribution in [0.3, 0.4) is 0 Å². The Morgan fingerprint density at radius 1 is 1.44 bits per heavy atom. The molecule has 6 heteroatoms. The molecule has 1 aromatic heterocycles. The lowest BCUT2D eigenvalue weighted by Crippen LogP contribution is -2.42. The summed E-state index contributed by atoms with van der Waals surface area (Å²) in [6.07, 6.45) is 0. The molecule has 0 aliphatic rings. The maximum atomic E-state index is 11.7. The number of anilines is 1. The Balaban J connectivity index is 2.84. The Labute approximate surface area is 93.0 Å². The number of primary amides is 1. The highest BCUT2D eigenvalue weighted by Gasteiger charge is 2.14. The van der Waals surface area contributed by atoms with Crippen molar-refractivity contribution in [3.05, 3.63) is 23.4 Å². The largest absolute Gasteiger partial charge is 0.384 e. The van der Waals surface area contributed by atoms with Gasteiger partial charge in [0.1, 0.15) is 11.9 Å². The molecule has 16 heavy (non-hydrogen) atoms. The lowest BCUT2D eigenvalue weighted by atomic mass is 10.2. The van der Waals surface area contributed by atoms with Gasteiger partial charge in [-0.3, -0.25) is 9.59 Å². The van der Waals surface area contributed by atoms with Gasteiger partial charge in [-0.1, -0.05) is 0 Å². The Hall–Kier alpha value is -2.11. The fourth-order valence-corrected chi connectivity index (χ4v) is 1.18. The molecule has 0 aliphatic carbocycles. The molecule has 0 spiro atoms. The first-order chi connectivity index (χ1) is 7.40. The van der Waals surface area contributed by atoms with Gasteiger partial charge >= 0.3 is 0 Å². The molecule has 0 aromatic carbocycles. The summed E-state index contributed by atoms with van der Waals surface area (Å²) in [5.41, 5.74) is 11.5. The molecule has 0 saturated heterocycles. The summed E-state index contributed by atoms with van der Waals surface area (Å²) in [6.45, 7) is 3.24. The number of hydrogen-bond donors (Lipinski definition) is 3. The molecule has 1 aromatic rings. The molecule has 5 N–H and O–H groups in total. The van der Waals surface area contributed by atoms with E-state index in [4.69, 9.17) is 11.5 Å². The predicted molar refractivity (Wildman–Crippen MR) is 59.5 cm³/mol. The van der Waals surface area contributed by atoms with E-state index in [9.17, 15) is 9.59 Å². The highest BCUT2D eigenvalue weighted by atomic mass is 16.2. The molecular formula is C10H14N4O2. The zero-order valence-electron chi connectivity index (χ0n) is 9.15.